The zero-order chi connectivity index (χ0) is 16.4. The van der Waals surface area contributed by atoms with Gasteiger partial charge in [-0.25, -0.2) is 0 Å². The molecule has 1 saturated carbocycles. The minimum Gasteiger partial charge on any atom is -0.466 e. The van der Waals surface area contributed by atoms with Crippen molar-refractivity contribution < 1.29 is 14.3 Å². The van der Waals surface area contributed by atoms with Gasteiger partial charge in [0.15, 0.2) is 0 Å². The van der Waals surface area contributed by atoms with Crippen molar-refractivity contribution in [2.24, 2.45) is 5.92 Å². The lowest BCUT2D eigenvalue weighted by Crippen LogP contribution is -2.47. The van der Waals surface area contributed by atoms with E-state index in [1.807, 2.05) is 36.1 Å². The smallest absolute Gasteiger partial charge is 0.310 e. The normalized spacial score (nSPS) is 22.5. The Bertz CT molecular complexity index is 595. The molecular formula is C18H22ClNO3. The maximum atomic E-state index is 13.0. The summed E-state index contributed by atoms with van der Waals surface area (Å²) in [5, 5.41) is 0.678. The van der Waals surface area contributed by atoms with Crippen LogP contribution in [0.1, 0.15) is 38.2 Å². The quantitative estimate of drug-likeness (QED) is 0.794. The van der Waals surface area contributed by atoms with Gasteiger partial charge in [0.05, 0.1) is 17.9 Å². The van der Waals surface area contributed by atoms with Crippen LogP contribution in [-0.2, 0) is 19.7 Å². The molecule has 1 amide bonds. The molecule has 1 aromatic rings. The first kappa shape index (κ1) is 16.3. The third-order valence-corrected chi connectivity index (χ3v) is 5.14. The number of likely N-dealkylation sites (tertiary alicyclic amines) is 1. The Morgan fingerprint density at radius 1 is 1.30 bits per heavy atom. The molecule has 1 heterocycles. The van der Waals surface area contributed by atoms with Crippen LogP contribution < -0.4 is 0 Å². The Balaban J connectivity index is 1.72. The molecule has 0 radical (unpaired) electrons. The molecule has 23 heavy (non-hydrogen) atoms. The summed E-state index contributed by atoms with van der Waals surface area (Å²) >= 11 is 5.95. The molecule has 0 aromatic heterocycles. The number of amides is 1. The average Bonchev–Trinajstić information content (AvgIpc) is 3.37. The molecule has 1 saturated heterocycles. The van der Waals surface area contributed by atoms with Gasteiger partial charge in [-0.15, -0.1) is 0 Å². The molecule has 124 valence electrons. The van der Waals surface area contributed by atoms with E-state index in [9.17, 15) is 9.59 Å². The fourth-order valence-corrected chi connectivity index (χ4v) is 3.56. The fraction of sp³-hybridized carbons (Fsp3) is 0.556. The fourth-order valence-electron chi connectivity index (χ4n) is 3.44. The summed E-state index contributed by atoms with van der Waals surface area (Å²) in [5.74, 6) is -0.219. The second kappa shape index (κ2) is 6.52. The van der Waals surface area contributed by atoms with E-state index in [4.69, 9.17) is 16.3 Å². The first-order valence-electron chi connectivity index (χ1n) is 8.29. The Hall–Kier alpha value is -1.55. The van der Waals surface area contributed by atoms with Gasteiger partial charge in [0.25, 0.3) is 0 Å². The van der Waals surface area contributed by atoms with E-state index in [1.54, 1.807) is 0 Å². The molecular weight excluding hydrogens is 314 g/mol. The van der Waals surface area contributed by atoms with Crippen molar-refractivity contribution in [1.29, 1.82) is 0 Å². The maximum Gasteiger partial charge on any atom is 0.310 e. The van der Waals surface area contributed by atoms with Crippen LogP contribution in [0.25, 0.3) is 0 Å². The van der Waals surface area contributed by atoms with Gasteiger partial charge < -0.3 is 9.64 Å². The topological polar surface area (TPSA) is 46.6 Å². The number of nitrogens with zero attached hydrogens (tertiary/aromatic N) is 1. The van der Waals surface area contributed by atoms with Gasteiger partial charge in [0.2, 0.25) is 5.91 Å². The summed E-state index contributed by atoms with van der Waals surface area (Å²) in [6.45, 7) is 3.40. The van der Waals surface area contributed by atoms with Crippen molar-refractivity contribution in [2.75, 3.05) is 19.7 Å². The number of benzene rings is 1. The Morgan fingerprint density at radius 3 is 2.61 bits per heavy atom. The molecule has 4 nitrogen and oxygen atoms in total. The van der Waals surface area contributed by atoms with E-state index < -0.39 is 5.41 Å². The predicted octanol–water partition coefficient (Wildman–Crippen LogP) is 3.17. The number of hydrogen-bond acceptors (Lipinski definition) is 3. The van der Waals surface area contributed by atoms with Crippen molar-refractivity contribution in [1.82, 2.24) is 4.90 Å². The Morgan fingerprint density at radius 2 is 2.00 bits per heavy atom. The highest BCUT2D eigenvalue weighted by Gasteiger charge is 2.53. The molecule has 0 N–H and O–H groups in total. The zero-order valence-electron chi connectivity index (χ0n) is 13.4. The van der Waals surface area contributed by atoms with Crippen molar-refractivity contribution >= 4 is 23.5 Å². The molecule has 1 aromatic carbocycles. The number of ether oxygens (including phenoxy) is 1. The molecule has 1 unspecified atom stereocenters. The average molecular weight is 336 g/mol. The Kier molecular flexibility index (Phi) is 4.62. The first-order valence-corrected chi connectivity index (χ1v) is 8.66. The van der Waals surface area contributed by atoms with Crippen molar-refractivity contribution in [3.63, 3.8) is 0 Å². The van der Waals surface area contributed by atoms with Crippen LogP contribution in [0.4, 0.5) is 0 Å². The van der Waals surface area contributed by atoms with Crippen LogP contribution in [0.15, 0.2) is 24.3 Å². The number of halogens is 1. The van der Waals surface area contributed by atoms with E-state index in [1.165, 1.54) is 0 Å². The van der Waals surface area contributed by atoms with Gasteiger partial charge >= 0.3 is 5.97 Å². The molecule has 1 aliphatic carbocycles. The van der Waals surface area contributed by atoms with Crippen LogP contribution in [0.5, 0.6) is 0 Å². The van der Waals surface area contributed by atoms with Crippen molar-refractivity contribution in [3.8, 4) is 0 Å². The number of piperidine rings is 1. The summed E-state index contributed by atoms with van der Waals surface area (Å²) in [7, 11) is 0. The maximum absolute atomic E-state index is 13.0. The summed E-state index contributed by atoms with van der Waals surface area (Å²) < 4.78 is 5.12. The number of hydrogen-bond donors (Lipinski definition) is 0. The standard InChI is InChI=1S/C18H22ClNO3/c1-2-23-16(21)13-4-3-11-20(12-13)17(22)18(9-10-18)14-5-7-15(19)8-6-14/h5-8,13H,2-4,9-12H2,1H3. The number of carbonyl (C=O) groups is 2. The van der Waals surface area contributed by atoms with E-state index in [0.717, 1.165) is 37.8 Å². The summed E-state index contributed by atoms with van der Waals surface area (Å²) in [4.78, 5) is 26.9. The van der Waals surface area contributed by atoms with Crippen LogP contribution in [0.2, 0.25) is 5.02 Å². The monoisotopic (exact) mass is 335 g/mol. The lowest BCUT2D eigenvalue weighted by atomic mass is 9.91. The van der Waals surface area contributed by atoms with Gasteiger partial charge in [-0.05, 0) is 50.3 Å². The van der Waals surface area contributed by atoms with Gasteiger partial charge in [0, 0.05) is 18.1 Å². The highest BCUT2D eigenvalue weighted by Crippen LogP contribution is 2.50. The molecule has 0 spiro atoms. The van der Waals surface area contributed by atoms with Gasteiger partial charge in [0.1, 0.15) is 0 Å². The number of carbonyl (C=O) groups excluding carboxylic acids is 2. The third-order valence-electron chi connectivity index (χ3n) is 4.88. The number of esters is 1. The summed E-state index contributed by atoms with van der Waals surface area (Å²) in [6.07, 6.45) is 3.39. The van der Waals surface area contributed by atoms with Gasteiger partial charge in [-0.3, -0.25) is 9.59 Å². The molecule has 2 aliphatic rings. The molecule has 1 aliphatic heterocycles. The first-order chi connectivity index (χ1) is 11.1. The lowest BCUT2D eigenvalue weighted by Gasteiger charge is -2.34. The number of rotatable bonds is 4. The lowest BCUT2D eigenvalue weighted by molar-refractivity contribution is -0.151. The minimum atomic E-state index is -0.402. The van der Waals surface area contributed by atoms with Crippen LogP contribution in [-0.4, -0.2) is 36.5 Å². The Labute approximate surface area is 141 Å². The van der Waals surface area contributed by atoms with E-state index in [0.29, 0.717) is 18.2 Å². The van der Waals surface area contributed by atoms with E-state index >= 15 is 0 Å². The molecule has 5 heteroatoms. The van der Waals surface area contributed by atoms with Gasteiger partial charge in [-0.1, -0.05) is 23.7 Å². The highest BCUT2D eigenvalue weighted by atomic mass is 35.5. The minimum absolute atomic E-state index is 0.147. The van der Waals surface area contributed by atoms with E-state index in [2.05, 4.69) is 0 Å². The summed E-state index contributed by atoms with van der Waals surface area (Å²) in [5.41, 5.74) is 0.631. The largest absolute Gasteiger partial charge is 0.466 e. The van der Waals surface area contributed by atoms with Gasteiger partial charge in [-0.2, -0.15) is 0 Å². The van der Waals surface area contributed by atoms with Crippen LogP contribution in [0.3, 0.4) is 0 Å². The second-order valence-electron chi connectivity index (χ2n) is 6.43. The van der Waals surface area contributed by atoms with Crippen molar-refractivity contribution in [3.05, 3.63) is 34.9 Å². The third kappa shape index (κ3) is 3.23. The highest BCUT2D eigenvalue weighted by molar-refractivity contribution is 6.30. The molecule has 2 fully saturated rings. The molecule has 3 rings (SSSR count). The van der Waals surface area contributed by atoms with Crippen molar-refractivity contribution in [2.45, 2.75) is 38.0 Å². The van der Waals surface area contributed by atoms with E-state index in [-0.39, 0.29) is 17.8 Å². The van der Waals surface area contributed by atoms with Crippen LogP contribution in [0, 0.1) is 5.92 Å². The predicted molar refractivity (Wildman–Crippen MR) is 88.3 cm³/mol. The summed E-state index contributed by atoms with van der Waals surface area (Å²) in [6, 6.07) is 7.56. The molecule has 0 bridgehead atoms. The van der Waals surface area contributed by atoms with Crippen LogP contribution >= 0.6 is 11.6 Å². The SMILES string of the molecule is CCOC(=O)C1CCCN(C(=O)C2(c3ccc(Cl)cc3)CC2)C1. The zero-order valence-corrected chi connectivity index (χ0v) is 14.1. The second-order valence-corrected chi connectivity index (χ2v) is 6.87. The molecule has 1 atom stereocenters.